The van der Waals surface area contributed by atoms with Gasteiger partial charge >= 0.3 is 0 Å². The first-order chi connectivity index (χ1) is 18.0. The van der Waals surface area contributed by atoms with Crippen LogP contribution < -0.4 is 0 Å². The van der Waals surface area contributed by atoms with Gasteiger partial charge < -0.3 is 9.64 Å². The second kappa shape index (κ2) is 11.7. The van der Waals surface area contributed by atoms with Crippen LogP contribution in [0.3, 0.4) is 0 Å². The van der Waals surface area contributed by atoms with Crippen LogP contribution >= 0.6 is 11.6 Å². The molecule has 196 valence electrons. The maximum atomic E-state index is 14.6. The van der Waals surface area contributed by atoms with Gasteiger partial charge in [-0.3, -0.25) is 14.5 Å². The highest BCUT2D eigenvalue weighted by atomic mass is 35.5. The number of ether oxygens (including phenoxy) is 1. The highest BCUT2D eigenvalue weighted by molar-refractivity contribution is 6.30. The van der Waals surface area contributed by atoms with E-state index in [-0.39, 0.29) is 30.1 Å². The molecule has 2 amide bonds. The summed E-state index contributed by atoms with van der Waals surface area (Å²) in [6, 6.07) is 13.3. The molecular formula is C28H32ClFN4O3. The Morgan fingerprint density at radius 1 is 1.08 bits per heavy atom. The van der Waals surface area contributed by atoms with E-state index in [1.807, 2.05) is 12.1 Å². The fraction of sp³-hybridized carbons (Fsp3) is 0.464. The lowest BCUT2D eigenvalue weighted by Crippen LogP contribution is -2.49. The molecule has 3 aliphatic rings. The Morgan fingerprint density at radius 3 is 2.49 bits per heavy atom. The number of rotatable bonds is 8. The largest absolute Gasteiger partial charge is 0.379 e. The molecule has 0 spiro atoms. The number of hydrogen-bond acceptors (Lipinski definition) is 5. The molecule has 2 fully saturated rings. The second-order valence-electron chi connectivity index (χ2n) is 9.88. The fourth-order valence-corrected chi connectivity index (χ4v) is 5.17. The summed E-state index contributed by atoms with van der Waals surface area (Å²) < 4.78 is 20.0. The third-order valence-electron chi connectivity index (χ3n) is 7.49. The van der Waals surface area contributed by atoms with Crippen LogP contribution in [-0.4, -0.2) is 78.3 Å². The zero-order valence-corrected chi connectivity index (χ0v) is 21.6. The molecule has 1 saturated heterocycles. The van der Waals surface area contributed by atoms with Crippen molar-refractivity contribution in [2.24, 2.45) is 11.0 Å². The molecule has 2 aliphatic heterocycles. The molecule has 9 heteroatoms. The molecule has 1 atom stereocenters. The van der Waals surface area contributed by atoms with Gasteiger partial charge in [0.1, 0.15) is 12.4 Å². The Labute approximate surface area is 221 Å². The van der Waals surface area contributed by atoms with Gasteiger partial charge in [0.05, 0.1) is 25.0 Å². The minimum Gasteiger partial charge on any atom is -0.379 e. The van der Waals surface area contributed by atoms with Gasteiger partial charge in [-0.15, -0.1) is 0 Å². The van der Waals surface area contributed by atoms with Crippen LogP contribution in [0.15, 0.2) is 53.6 Å². The van der Waals surface area contributed by atoms with E-state index in [9.17, 15) is 14.0 Å². The van der Waals surface area contributed by atoms with E-state index >= 15 is 0 Å². The summed E-state index contributed by atoms with van der Waals surface area (Å²) >= 11 is 6.10. The molecule has 1 saturated carbocycles. The molecule has 37 heavy (non-hydrogen) atoms. The standard InChI is InChI=1S/C28H32ClFN4O3/c29-22-10-8-20(9-11-22)26-18-25(23-6-1-2-7-24(23)30)31-34(26)27(35)19-33(28(36)21-4-3-5-21)13-12-32-14-16-37-17-15-32/h1-2,6-11,21,26H,3-5,12-19H2/t26-/m1/s1. The van der Waals surface area contributed by atoms with Crippen molar-refractivity contribution in [3.8, 4) is 0 Å². The first-order valence-electron chi connectivity index (χ1n) is 13.0. The van der Waals surface area contributed by atoms with Gasteiger partial charge in [-0.1, -0.05) is 48.4 Å². The van der Waals surface area contributed by atoms with Crippen LogP contribution in [0.5, 0.6) is 0 Å². The number of morpholine rings is 1. The Hall–Kier alpha value is -2.81. The summed E-state index contributed by atoms with van der Waals surface area (Å²) in [5, 5.41) is 6.63. The van der Waals surface area contributed by atoms with Crippen LogP contribution in [0.1, 0.15) is 42.9 Å². The maximum absolute atomic E-state index is 14.6. The van der Waals surface area contributed by atoms with E-state index in [4.69, 9.17) is 16.3 Å². The quantitative estimate of drug-likeness (QED) is 0.519. The van der Waals surface area contributed by atoms with Crippen LogP contribution in [-0.2, 0) is 14.3 Å². The van der Waals surface area contributed by atoms with Gasteiger partial charge in [0.2, 0.25) is 5.91 Å². The molecule has 2 aromatic carbocycles. The molecule has 0 aromatic heterocycles. The predicted molar refractivity (Wildman–Crippen MR) is 140 cm³/mol. The lowest BCUT2D eigenvalue weighted by molar-refractivity contribution is -0.145. The van der Waals surface area contributed by atoms with E-state index in [1.54, 1.807) is 35.2 Å². The molecule has 1 aliphatic carbocycles. The molecule has 2 heterocycles. The summed E-state index contributed by atoms with van der Waals surface area (Å²) in [5.74, 6) is -0.632. The fourth-order valence-electron chi connectivity index (χ4n) is 5.05. The van der Waals surface area contributed by atoms with Gasteiger partial charge in [0.25, 0.3) is 5.91 Å². The predicted octanol–water partition coefficient (Wildman–Crippen LogP) is 4.12. The van der Waals surface area contributed by atoms with Crippen molar-refractivity contribution in [3.05, 3.63) is 70.5 Å². The summed E-state index contributed by atoms with van der Waals surface area (Å²) in [4.78, 5) is 31.0. The lowest BCUT2D eigenvalue weighted by Gasteiger charge is -2.34. The Bertz CT molecular complexity index is 1150. The van der Waals surface area contributed by atoms with Crippen LogP contribution in [0.2, 0.25) is 5.02 Å². The SMILES string of the molecule is O=C(C1CCC1)N(CCN1CCOCC1)CC(=O)N1N=C(c2ccccc2F)C[C@@H]1c1ccc(Cl)cc1. The zero-order valence-electron chi connectivity index (χ0n) is 20.8. The van der Waals surface area contributed by atoms with E-state index in [0.717, 1.165) is 37.9 Å². The van der Waals surface area contributed by atoms with Crippen molar-refractivity contribution < 1.29 is 18.7 Å². The number of carbonyl (C=O) groups is 2. The highest BCUT2D eigenvalue weighted by Gasteiger charge is 2.37. The maximum Gasteiger partial charge on any atom is 0.262 e. The number of amides is 2. The van der Waals surface area contributed by atoms with E-state index in [0.29, 0.717) is 49.0 Å². The average molecular weight is 527 g/mol. The van der Waals surface area contributed by atoms with Gasteiger partial charge in [-0.25, -0.2) is 9.40 Å². The summed E-state index contributed by atoms with van der Waals surface area (Å²) in [6.45, 7) is 4.11. The molecule has 0 N–H and O–H groups in total. The zero-order chi connectivity index (χ0) is 25.8. The molecular weight excluding hydrogens is 495 g/mol. The third-order valence-corrected chi connectivity index (χ3v) is 7.74. The number of carbonyl (C=O) groups excluding carboxylic acids is 2. The van der Waals surface area contributed by atoms with Crippen LogP contribution in [0.4, 0.5) is 4.39 Å². The van der Waals surface area contributed by atoms with Crippen molar-refractivity contribution in [1.29, 1.82) is 0 Å². The van der Waals surface area contributed by atoms with Crippen molar-refractivity contribution >= 4 is 29.1 Å². The molecule has 0 bridgehead atoms. The number of hydrogen-bond donors (Lipinski definition) is 0. The minimum atomic E-state index is -0.403. The second-order valence-corrected chi connectivity index (χ2v) is 10.3. The smallest absolute Gasteiger partial charge is 0.262 e. The van der Waals surface area contributed by atoms with Gasteiger partial charge in [0, 0.05) is 49.1 Å². The summed E-state index contributed by atoms with van der Waals surface area (Å²) in [7, 11) is 0. The van der Waals surface area contributed by atoms with E-state index < -0.39 is 6.04 Å². The van der Waals surface area contributed by atoms with Gasteiger partial charge in [0.15, 0.2) is 0 Å². The van der Waals surface area contributed by atoms with Crippen molar-refractivity contribution in [2.75, 3.05) is 45.9 Å². The number of hydrazone groups is 1. The Morgan fingerprint density at radius 2 is 1.81 bits per heavy atom. The normalized spacial score (nSPS) is 20.4. The van der Waals surface area contributed by atoms with Crippen molar-refractivity contribution in [1.82, 2.24) is 14.8 Å². The molecule has 5 rings (SSSR count). The molecule has 0 unspecified atom stereocenters. The first-order valence-corrected chi connectivity index (χ1v) is 13.4. The number of halogens is 2. The first kappa shape index (κ1) is 25.8. The number of benzene rings is 2. The molecule has 7 nitrogen and oxygen atoms in total. The van der Waals surface area contributed by atoms with Crippen molar-refractivity contribution in [2.45, 2.75) is 31.7 Å². The summed E-state index contributed by atoms with van der Waals surface area (Å²) in [5.41, 5.74) is 1.75. The van der Waals surface area contributed by atoms with Gasteiger partial charge in [-0.05, 0) is 36.6 Å². The minimum absolute atomic E-state index is 0.0133. The summed E-state index contributed by atoms with van der Waals surface area (Å²) in [6.07, 6.45) is 3.16. The lowest BCUT2D eigenvalue weighted by atomic mass is 9.84. The van der Waals surface area contributed by atoms with Gasteiger partial charge in [-0.2, -0.15) is 5.10 Å². The van der Waals surface area contributed by atoms with Crippen LogP contribution in [0, 0.1) is 11.7 Å². The average Bonchev–Trinajstić information content (AvgIpc) is 3.32. The Balaban J connectivity index is 1.37. The van der Waals surface area contributed by atoms with E-state index in [2.05, 4.69) is 10.0 Å². The third kappa shape index (κ3) is 6.03. The van der Waals surface area contributed by atoms with E-state index in [1.165, 1.54) is 11.1 Å². The Kier molecular flexibility index (Phi) is 8.17. The van der Waals surface area contributed by atoms with Crippen LogP contribution in [0.25, 0.3) is 0 Å². The number of nitrogens with zero attached hydrogens (tertiary/aromatic N) is 4. The topological polar surface area (TPSA) is 65.5 Å². The molecule has 2 aromatic rings. The highest BCUT2D eigenvalue weighted by Crippen LogP contribution is 2.34. The molecule has 0 radical (unpaired) electrons. The van der Waals surface area contributed by atoms with Crippen molar-refractivity contribution in [3.63, 3.8) is 0 Å². The monoisotopic (exact) mass is 526 g/mol.